The number of hydrogen-bond acceptors (Lipinski definition) is 3. The summed E-state index contributed by atoms with van der Waals surface area (Å²) in [6, 6.07) is 0.646. The Morgan fingerprint density at radius 2 is 2.00 bits per heavy atom. The topological polar surface area (TPSA) is 42.7 Å². The van der Waals surface area contributed by atoms with Crippen molar-refractivity contribution < 1.29 is 0 Å². The van der Waals surface area contributed by atoms with E-state index in [9.17, 15) is 0 Å². The molecule has 4 heteroatoms. The van der Waals surface area contributed by atoms with Crippen LogP contribution in [-0.4, -0.2) is 20.8 Å². The van der Waals surface area contributed by atoms with E-state index in [0.29, 0.717) is 12.0 Å². The highest BCUT2D eigenvalue weighted by Crippen LogP contribution is 2.30. The summed E-state index contributed by atoms with van der Waals surface area (Å²) in [5.74, 6) is 3.26. The van der Waals surface area contributed by atoms with Crippen LogP contribution in [-0.2, 0) is 13.1 Å². The molecule has 1 N–H and O–H groups in total. The zero-order chi connectivity index (χ0) is 14.5. The van der Waals surface area contributed by atoms with Gasteiger partial charge in [-0.3, -0.25) is 0 Å². The quantitative estimate of drug-likeness (QED) is 0.868. The molecule has 4 nitrogen and oxygen atoms in total. The highest BCUT2D eigenvalue weighted by molar-refractivity contribution is 4.88. The van der Waals surface area contributed by atoms with Gasteiger partial charge < -0.3 is 5.32 Å². The van der Waals surface area contributed by atoms with Crippen molar-refractivity contribution in [2.24, 2.45) is 17.8 Å². The third kappa shape index (κ3) is 4.05. The van der Waals surface area contributed by atoms with Crippen LogP contribution in [0.4, 0.5) is 0 Å². The van der Waals surface area contributed by atoms with Gasteiger partial charge in [0.1, 0.15) is 12.2 Å². The lowest BCUT2D eigenvalue weighted by atomic mass is 9.78. The van der Waals surface area contributed by atoms with E-state index in [1.165, 1.54) is 25.7 Å². The molecule has 1 fully saturated rings. The second kappa shape index (κ2) is 7.21. The van der Waals surface area contributed by atoms with Crippen LogP contribution in [0.1, 0.15) is 59.2 Å². The fourth-order valence-corrected chi connectivity index (χ4v) is 3.36. The lowest BCUT2D eigenvalue weighted by Gasteiger charge is -2.35. The van der Waals surface area contributed by atoms with Gasteiger partial charge in [-0.2, -0.15) is 5.10 Å². The summed E-state index contributed by atoms with van der Waals surface area (Å²) in [5, 5.41) is 8.09. The summed E-state index contributed by atoms with van der Waals surface area (Å²) >= 11 is 0. The van der Waals surface area contributed by atoms with Crippen molar-refractivity contribution in [3.05, 3.63) is 12.2 Å². The lowest BCUT2D eigenvalue weighted by molar-refractivity contribution is 0.203. The van der Waals surface area contributed by atoms with E-state index in [1.54, 1.807) is 6.33 Å². The summed E-state index contributed by atoms with van der Waals surface area (Å²) in [5.41, 5.74) is 0. The van der Waals surface area contributed by atoms with Gasteiger partial charge in [0.25, 0.3) is 0 Å². The summed E-state index contributed by atoms with van der Waals surface area (Å²) < 4.78 is 2.05. The predicted molar refractivity (Wildman–Crippen MR) is 82.3 cm³/mol. The molecular weight excluding hydrogens is 248 g/mol. The average molecular weight is 278 g/mol. The minimum Gasteiger partial charge on any atom is -0.307 e. The summed E-state index contributed by atoms with van der Waals surface area (Å²) in [6.45, 7) is 10.9. The van der Waals surface area contributed by atoms with Crippen molar-refractivity contribution in [2.45, 2.75) is 72.5 Å². The van der Waals surface area contributed by atoms with Crippen LogP contribution in [0, 0.1) is 17.8 Å². The first-order valence-electron chi connectivity index (χ1n) is 8.18. The van der Waals surface area contributed by atoms with Crippen molar-refractivity contribution in [1.29, 1.82) is 0 Å². The fraction of sp³-hybridized carbons (Fsp3) is 0.875. The first-order chi connectivity index (χ1) is 9.58. The predicted octanol–water partition coefficient (Wildman–Crippen LogP) is 3.24. The number of rotatable bonds is 6. The zero-order valence-corrected chi connectivity index (χ0v) is 13.5. The Bertz CT molecular complexity index is 397. The van der Waals surface area contributed by atoms with E-state index < -0.39 is 0 Å². The van der Waals surface area contributed by atoms with Crippen LogP contribution in [0.3, 0.4) is 0 Å². The van der Waals surface area contributed by atoms with Gasteiger partial charge in [0.05, 0.1) is 6.54 Å². The second-order valence-electron chi connectivity index (χ2n) is 6.93. The highest BCUT2D eigenvalue weighted by Gasteiger charge is 2.27. The van der Waals surface area contributed by atoms with Crippen molar-refractivity contribution in [2.75, 3.05) is 0 Å². The summed E-state index contributed by atoms with van der Waals surface area (Å²) in [4.78, 5) is 4.41. The third-order valence-corrected chi connectivity index (χ3v) is 4.43. The van der Waals surface area contributed by atoms with Gasteiger partial charge in [-0.05, 0) is 30.6 Å². The van der Waals surface area contributed by atoms with Gasteiger partial charge in [0.2, 0.25) is 0 Å². The van der Waals surface area contributed by atoms with E-state index in [1.807, 2.05) is 4.68 Å². The smallest absolute Gasteiger partial charge is 0.140 e. The minimum atomic E-state index is 0.605. The Morgan fingerprint density at radius 1 is 1.25 bits per heavy atom. The maximum Gasteiger partial charge on any atom is 0.140 e. The van der Waals surface area contributed by atoms with Gasteiger partial charge >= 0.3 is 0 Å². The molecule has 0 spiro atoms. The molecule has 0 amide bonds. The van der Waals surface area contributed by atoms with Gasteiger partial charge in [-0.25, -0.2) is 9.67 Å². The van der Waals surface area contributed by atoms with Crippen LogP contribution in [0.25, 0.3) is 0 Å². The molecule has 2 rings (SSSR count). The van der Waals surface area contributed by atoms with Gasteiger partial charge in [-0.15, -0.1) is 0 Å². The van der Waals surface area contributed by atoms with E-state index in [2.05, 4.69) is 43.1 Å². The zero-order valence-electron chi connectivity index (χ0n) is 13.5. The fourth-order valence-electron chi connectivity index (χ4n) is 3.36. The molecule has 114 valence electrons. The normalized spacial score (nSPS) is 23.7. The average Bonchev–Trinajstić information content (AvgIpc) is 2.83. The molecule has 2 atom stereocenters. The summed E-state index contributed by atoms with van der Waals surface area (Å²) in [7, 11) is 0. The molecule has 0 saturated heterocycles. The lowest BCUT2D eigenvalue weighted by Crippen LogP contribution is -2.41. The molecule has 20 heavy (non-hydrogen) atoms. The number of nitrogens with one attached hydrogen (secondary N) is 1. The Hall–Kier alpha value is -0.900. The number of hydrogen-bond donors (Lipinski definition) is 1. The SMILES string of the molecule is CC(C)Cn1ncnc1CNC1CCCCC1C(C)C. The Morgan fingerprint density at radius 3 is 2.70 bits per heavy atom. The number of nitrogens with zero attached hydrogens (tertiary/aromatic N) is 3. The third-order valence-electron chi connectivity index (χ3n) is 4.43. The molecular formula is C16H30N4. The molecule has 0 aliphatic heterocycles. The Labute approximate surface area is 123 Å². The van der Waals surface area contributed by atoms with Crippen LogP contribution >= 0.6 is 0 Å². The van der Waals surface area contributed by atoms with Crippen LogP contribution < -0.4 is 5.32 Å². The molecule has 0 aromatic carbocycles. The first-order valence-corrected chi connectivity index (χ1v) is 8.18. The maximum absolute atomic E-state index is 4.41. The molecule has 1 heterocycles. The second-order valence-corrected chi connectivity index (χ2v) is 6.93. The number of aromatic nitrogens is 3. The Balaban J connectivity index is 1.92. The van der Waals surface area contributed by atoms with Crippen molar-refractivity contribution in [3.63, 3.8) is 0 Å². The van der Waals surface area contributed by atoms with Gasteiger partial charge in [0.15, 0.2) is 0 Å². The van der Waals surface area contributed by atoms with Gasteiger partial charge in [0, 0.05) is 12.6 Å². The van der Waals surface area contributed by atoms with Crippen LogP contribution in [0.15, 0.2) is 6.33 Å². The minimum absolute atomic E-state index is 0.605. The van der Waals surface area contributed by atoms with Gasteiger partial charge in [-0.1, -0.05) is 40.5 Å². The van der Waals surface area contributed by atoms with E-state index in [0.717, 1.165) is 30.7 Å². The molecule has 1 aliphatic carbocycles. The molecule has 2 unspecified atom stereocenters. The monoisotopic (exact) mass is 278 g/mol. The molecule has 1 saturated carbocycles. The molecule has 0 radical (unpaired) electrons. The highest BCUT2D eigenvalue weighted by atomic mass is 15.3. The van der Waals surface area contributed by atoms with Crippen LogP contribution in [0.5, 0.6) is 0 Å². The molecule has 0 bridgehead atoms. The van der Waals surface area contributed by atoms with E-state index in [4.69, 9.17) is 0 Å². The molecule has 1 aromatic heterocycles. The first kappa shape index (κ1) is 15.5. The maximum atomic E-state index is 4.41. The van der Waals surface area contributed by atoms with Crippen molar-refractivity contribution in [1.82, 2.24) is 20.1 Å². The summed E-state index contributed by atoms with van der Waals surface area (Å²) in [6.07, 6.45) is 7.11. The Kier molecular flexibility index (Phi) is 5.58. The standard InChI is InChI=1S/C16H30N4/c1-12(2)10-20-16(18-11-19-20)9-17-15-8-6-5-7-14(15)13(3)4/h11-15,17H,5-10H2,1-4H3. The van der Waals surface area contributed by atoms with E-state index in [-0.39, 0.29) is 0 Å². The van der Waals surface area contributed by atoms with Crippen molar-refractivity contribution >= 4 is 0 Å². The van der Waals surface area contributed by atoms with Crippen molar-refractivity contribution in [3.8, 4) is 0 Å². The molecule has 1 aliphatic rings. The van der Waals surface area contributed by atoms with E-state index >= 15 is 0 Å². The molecule has 1 aromatic rings. The largest absolute Gasteiger partial charge is 0.307 e. The van der Waals surface area contributed by atoms with Crippen LogP contribution in [0.2, 0.25) is 0 Å².